The Bertz CT molecular complexity index is 683. The van der Waals surface area contributed by atoms with Crippen molar-refractivity contribution in [2.24, 2.45) is 0 Å². The molecule has 7 heteroatoms. The lowest BCUT2D eigenvalue weighted by Gasteiger charge is -2.13. The van der Waals surface area contributed by atoms with Gasteiger partial charge in [0.2, 0.25) is 0 Å². The van der Waals surface area contributed by atoms with Gasteiger partial charge in [0, 0.05) is 11.9 Å². The van der Waals surface area contributed by atoms with E-state index in [1.807, 2.05) is 0 Å². The van der Waals surface area contributed by atoms with Gasteiger partial charge in [-0.25, -0.2) is 4.98 Å². The Morgan fingerprint density at radius 2 is 2.00 bits per heavy atom. The number of nitrogens with zero attached hydrogens (tertiary/aromatic N) is 1. The Hall–Kier alpha value is -2.57. The number of nitrogens with one attached hydrogen (secondary N) is 1. The van der Waals surface area contributed by atoms with E-state index in [2.05, 4.69) is 10.3 Å². The van der Waals surface area contributed by atoms with Gasteiger partial charge in [-0.1, -0.05) is 6.07 Å². The summed E-state index contributed by atoms with van der Waals surface area (Å²) in [7, 11) is 0. The molecule has 2 rings (SSSR count). The molecular formula is C14H12F3N3O. The number of halogens is 3. The van der Waals surface area contributed by atoms with E-state index in [1.165, 1.54) is 31.3 Å². The van der Waals surface area contributed by atoms with Crippen molar-refractivity contribution in [2.45, 2.75) is 13.1 Å². The minimum absolute atomic E-state index is 0.0305. The number of carbonyl (C=O) groups excluding carboxylic acids is 1. The summed E-state index contributed by atoms with van der Waals surface area (Å²) < 4.78 is 38.4. The fourth-order valence-electron chi connectivity index (χ4n) is 1.80. The van der Waals surface area contributed by atoms with Crippen molar-refractivity contribution in [3.05, 3.63) is 53.3 Å². The molecule has 0 fully saturated rings. The van der Waals surface area contributed by atoms with Crippen LogP contribution in [0, 0.1) is 6.92 Å². The Labute approximate surface area is 118 Å². The highest BCUT2D eigenvalue weighted by molar-refractivity contribution is 6.06. The van der Waals surface area contributed by atoms with Crippen LogP contribution in [0.5, 0.6) is 0 Å². The number of nitrogen functional groups attached to an aromatic ring is 1. The normalized spacial score (nSPS) is 11.2. The molecule has 1 aromatic carbocycles. The smallest absolute Gasteiger partial charge is 0.397 e. The van der Waals surface area contributed by atoms with Crippen molar-refractivity contribution >= 4 is 17.3 Å². The minimum Gasteiger partial charge on any atom is -0.397 e. The maximum absolute atomic E-state index is 12.8. The van der Waals surface area contributed by atoms with Gasteiger partial charge < -0.3 is 11.1 Å². The Morgan fingerprint density at radius 1 is 1.29 bits per heavy atom. The lowest BCUT2D eigenvalue weighted by molar-refractivity contribution is -0.138. The summed E-state index contributed by atoms with van der Waals surface area (Å²) in [6.45, 7) is 1.35. The maximum atomic E-state index is 12.8. The van der Waals surface area contributed by atoms with Crippen molar-refractivity contribution < 1.29 is 18.0 Å². The van der Waals surface area contributed by atoms with Crippen LogP contribution in [-0.4, -0.2) is 10.9 Å². The maximum Gasteiger partial charge on any atom is 0.416 e. The molecule has 110 valence electrons. The Kier molecular flexibility index (Phi) is 3.84. The number of aromatic nitrogens is 1. The molecule has 0 radical (unpaired) electrons. The van der Waals surface area contributed by atoms with Gasteiger partial charge in [0.1, 0.15) is 0 Å². The van der Waals surface area contributed by atoms with Crippen molar-refractivity contribution in [3.63, 3.8) is 0 Å². The van der Waals surface area contributed by atoms with Gasteiger partial charge in [-0.15, -0.1) is 0 Å². The molecule has 0 atom stereocenters. The number of alkyl halides is 3. The number of nitrogens with two attached hydrogens (primary N) is 1. The average molecular weight is 295 g/mol. The van der Waals surface area contributed by atoms with E-state index in [0.717, 1.165) is 6.07 Å². The molecule has 1 aromatic heterocycles. The SMILES string of the molecule is Cc1ccc(NC(=O)c2ncccc2N)cc1C(F)(F)F. The molecule has 2 aromatic rings. The Morgan fingerprint density at radius 3 is 2.62 bits per heavy atom. The standard InChI is InChI=1S/C14H12F3N3O/c1-8-4-5-9(7-10(8)14(15,16)17)20-13(21)12-11(18)3-2-6-19-12/h2-7H,18H2,1H3,(H,20,21). The highest BCUT2D eigenvalue weighted by Gasteiger charge is 2.32. The zero-order valence-electron chi connectivity index (χ0n) is 11.0. The van der Waals surface area contributed by atoms with E-state index >= 15 is 0 Å². The molecule has 0 spiro atoms. The monoisotopic (exact) mass is 295 g/mol. The molecule has 0 aliphatic rings. The van der Waals surface area contributed by atoms with Gasteiger partial charge in [-0.2, -0.15) is 13.2 Å². The summed E-state index contributed by atoms with van der Waals surface area (Å²) >= 11 is 0. The molecule has 21 heavy (non-hydrogen) atoms. The van der Waals surface area contributed by atoms with Crippen LogP contribution < -0.4 is 11.1 Å². The second-order valence-electron chi connectivity index (χ2n) is 4.42. The first-order valence-corrected chi connectivity index (χ1v) is 5.98. The second kappa shape index (κ2) is 5.43. The quantitative estimate of drug-likeness (QED) is 0.893. The number of hydrogen-bond acceptors (Lipinski definition) is 3. The van der Waals surface area contributed by atoms with Gasteiger partial charge in [0.25, 0.3) is 5.91 Å². The van der Waals surface area contributed by atoms with Gasteiger partial charge in [-0.3, -0.25) is 4.79 Å². The van der Waals surface area contributed by atoms with Crippen LogP contribution in [0.25, 0.3) is 0 Å². The number of anilines is 2. The van der Waals surface area contributed by atoms with Crippen LogP contribution in [0.15, 0.2) is 36.5 Å². The number of benzene rings is 1. The molecule has 0 unspecified atom stereocenters. The number of pyridine rings is 1. The molecular weight excluding hydrogens is 283 g/mol. The summed E-state index contributed by atoms with van der Waals surface area (Å²) in [5.74, 6) is -0.662. The topological polar surface area (TPSA) is 68.0 Å². The number of aryl methyl sites for hydroxylation is 1. The van der Waals surface area contributed by atoms with Crippen molar-refractivity contribution in [1.29, 1.82) is 0 Å². The third-order valence-electron chi connectivity index (χ3n) is 2.85. The summed E-state index contributed by atoms with van der Waals surface area (Å²) in [5, 5.41) is 2.36. The van der Waals surface area contributed by atoms with Gasteiger partial charge in [0.05, 0.1) is 11.3 Å². The molecule has 0 saturated carbocycles. The van der Waals surface area contributed by atoms with E-state index in [-0.39, 0.29) is 22.6 Å². The van der Waals surface area contributed by atoms with Crippen LogP contribution in [0.1, 0.15) is 21.6 Å². The minimum atomic E-state index is -4.48. The van der Waals surface area contributed by atoms with E-state index in [9.17, 15) is 18.0 Å². The predicted octanol–water partition coefficient (Wildman–Crippen LogP) is 3.24. The second-order valence-corrected chi connectivity index (χ2v) is 4.42. The summed E-state index contributed by atoms with van der Waals surface area (Å²) in [6.07, 6.45) is -3.10. The third kappa shape index (κ3) is 3.31. The first-order chi connectivity index (χ1) is 9.79. The fraction of sp³-hybridized carbons (Fsp3) is 0.143. The number of amides is 1. The molecule has 4 nitrogen and oxygen atoms in total. The van der Waals surface area contributed by atoms with Gasteiger partial charge >= 0.3 is 6.18 Å². The zero-order chi connectivity index (χ0) is 15.6. The Balaban J connectivity index is 2.29. The van der Waals surface area contributed by atoms with Crippen LogP contribution in [0.4, 0.5) is 24.5 Å². The molecule has 0 aliphatic carbocycles. The lowest BCUT2D eigenvalue weighted by Crippen LogP contribution is -2.16. The van der Waals surface area contributed by atoms with E-state index in [4.69, 9.17) is 5.73 Å². The van der Waals surface area contributed by atoms with E-state index in [1.54, 1.807) is 6.07 Å². The van der Waals surface area contributed by atoms with Gasteiger partial charge in [0.15, 0.2) is 5.69 Å². The summed E-state index contributed by atoms with van der Waals surface area (Å²) in [4.78, 5) is 15.7. The lowest BCUT2D eigenvalue weighted by atomic mass is 10.1. The highest BCUT2D eigenvalue weighted by Crippen LogP contribution is 2.33. The number of carbonyl (C=O) groups is 1. The molecule has 1 amide bonds. The first kappa shape index (κ1) is 14.8. The van der Waals surface area contributed by atoms with Gasteiger partial charge in [-0.05, 0) is 36.8 Å². The largest absolute Gasteiger partial charge is 0.416 e. The van der Waals surface area contributed by atoms with Crippen LogP contribution in [0.2, 0.25) is 0 Å². The molecule has 0 saturated heterocycles. The summed E-state index contributed by atoms with van der Waals surface area (Å²) in [6, 6.07) is 6.60. The van der Waals surface area contributed by atoms with Crippen molar-refractivity contribution in [3.8, 4) is 0 Å². The molecule has 0 aliphatic heterocycles. The number of rotatable bonds is 2. The average Bonchev–Trinajstić information content (AvgIpc) is 2.40. The third-order valence-corrected chi connectivity index (χ3v) is 2.85. The van der Waals surface area contributed by atoms with E-state index < -0.39 is 17.6 Å². The molecule has 1 heterocycles. The van der Waals surface area contributed by atoms with Crippen molar-refractivity contribution in [1.82, 2.24) is 4.98 Å². The van der Waals surface area contributed by atoms with Crippen LogP contribution in [-0.2, 0) is 6.18 Å². The highest BCUT2D eigenvalue weighted by atomic mass is 19.4. The fourth-order valence-corrected chi connectivity index (χ4v) is 1.80. The summed E-state index contributed by atoms with van der Waals surface area (Å²) in [5.41, 5.74) is 5.03. The molecule has 3 N–H and O–H groups in total. The zero-order valence-corrected chi connectivity index (χ0v) is 11.0. The number of hydrogen-bond donors (Lipinski definition) is 2. The van der Waals surface area contributed by atoms with Crippen LogP contribution in [0.3, 0.4) is 0 Å². The predicted molar refractivity (Wildman–Crippen MR) is 72.8 cm³/mol. The first-order valence-electron chi connectivity index (χ1n) is 5.98. The van der Waals surface area contributed by atoms with E-state index in [0.29, 0.717) is 0 Å². The van der Waals surface area contributed by atoms with Crippen LogP contribution >= 0.6 is 0 Å². The molecule has 0 bridgehead atoms. The van der Waals surface area contributed by atoms with Crippen molar-refractivity contribution in [2.75, 3.05) is 11.1 Å².